The Hall–Kier alpha value is -7.75. The van der Waals surface area contributed by atoms with E-state index in [1.807, 2.05) is 48.5 Å². The highest BCUT2D eigenvalue weighted by Gasteiger charge is 2.60. The van der Waals surface area contributed by atoms with Gasteiger partial charge in [0.1, 0.15) is 43.6 Å². The summed E-state index contributed by atoms with van der Waals surface area (Å²) in [5, 5.41) is 17.6. The number of esters is 7. The minimum atomic E-state index is -2.80. The Morgan fingerprint density at radius 2 is 1.25 bits per heavy atom. The number of methoxy groups -OCH3 is 1. The van der Waals surface area contributed by atoms with Gasteiger partial charge in [-0.05, 0) is 41.5 Å². The van der Waals surface area contributed by atoms with Crippen molar-refractivity contribution in [3.63, 3.8) is 0 Å². The standard InChI is InChI=1S/C53H67N3O24/c1-26(57)54-43-40(74-29(4)60)22-53(51(67)69-9,80-48(43)46(77-32(7)63)41(75-30(5)61)24-71-28(3)59)73-25-42-45(76-31(6)62)47(78-33(8)64)44(55-27(2)58)50(79-42)70-21-15-14-20-39(49(65)66)56-52(68)72-23-38-36-18-12-10-16-34(36)35-17-11-13-19-37(35)38/h10-13,16-19,38-48,50H,14-15,20-25H2,1-9H3,(H,54,57)(H,55,58)(H,56,68)(H,65,66)/t39?,40-,41+,42+,43+,44+,45-,46+,47+,48+,50-,53?/m0/s1. The van der Waals surface area contributed by atoms with E-state index < -0.39 is 158 Å². The molecule has 0 bridgehead atoms. The average molecular weight is 1130 g/mol. The zero-order valence-electron chi connectivity index (χ0n) is 45.5. The number of rotatable bonds is 25. The molecule has 5 rings (SSSR count). The molecule has 27 heteroatoms. The summed E-state index contributed by atoms with van der Waals surface area (Å²) < 4.78 is 68.8. The Bertz CT molecular complexity index is 2560. The number of nitrogens with one attached hydrogen (secondary N) is 3. The Morgan fingerprint density at radius 3 is 1.79 bits per heavy atom. The lowest BCUT2D eigenvalue weighted by atomic mass is 9.87. The predicted molar refractivity (Wildman–Crippen MR) is 268 cm³/mol. The Morgan fingerprint density at radius 1 is 0.675 bits per heavy atom. The van der Waals surface area contributed by atoms with Crippen molar-refractivity contribution in [2.75, 3.05) is 33.5 Å². The van der Waals surface area contributed by atoms with E-state index in [9.17, 15) is 57.8 Å². The lowest BCUT2D eigenvalue weighted by Gasteiger charge is -2.49. The van der Waals surface area contributed by atoms with Crippen LogP contribution in [0.2, 0.25) is 0 Å². The van der Waals surface area contributed by atoms with Crippen molar-refractivity contribution < 1.29 is 115 Å². The number of carbonyl (C=O) groups excluding carboxylic acids is 10. The Kier molecular flexibility index (Phi) is 22.8. The fraction of sp³-hybridized carbons (Fsp3) is 0.566. The molecule has 0 aromatic heterocycles. The van der Waals surface area contributed by atoms with Gasteiger partial charge in [-0.15, -0.1) is 0 Å². The van der Waals surface area contributed by atoms with Crippen molar-refractivity contribution in [3.05, 3.63) is 59.7 Å². The van der Waals surface area contributed by atoms with Crippen molar-refractivity contribution in [3.8, 4) is 11.1 Å². The number of carboxylic acid groups (broad SMARTS) is 1. The lowest BCUT2D eigenvalue weighted by Crippen LogP contribution is -2.70. The van der Waals surface area contributed by atoms with Crippen LogP contribution >= 0.6 is 0 Å². The van der Waals surface area contributed by atoms with Crippen LogP contribution in [0.25, 0.3) is 11.1 Å². The highest BCUT2D eigenvalue weighted by molar-refractivity contribution is 5.82. The zero-order valence-corrected chi connectivity index (χ0v) is 45.5. The highest BCUT2D eigenvalue weighted by atomic mass is 16.8. The maximum absolute atomic E-state index is 14.2. The molecule has 12 atom stereocenters. The van der Waals surface area contributed by atoms with E-state index in [0.29, 0.717) is 0 Å². The monoisotopic (exact) mass is 1130 g/mol. The molecule has 1 aliphatic carbocycles. The second kappa shape index (κ2) is 28.9. The minimum Gasteiger partial charge on any atom is -0.480 e. The summed E-state index contributed by atoms with van der Waals surface area (Å²) in [7, 11) is 0.923. The molecule has 2 unspecified atom stereocenters. The number of carbonyl (C=O) groups is 11. The SMILES string of the molecule is COC(=O)C1(OC[C@H]2O[C@H](OCCCCC(NC(=O)OCC3c4ccccc4-c4ccccc43)C(=O)O)[C@H](NC(C)=O)[C@@H](OC(C)=O)[C@H]2OC(C)=O)C[C@H](OC(C)=O)[C@@H](NC(C)=O)[C@H]([C@H](OC(C)=O)[C@@H](COC(C)=O)OC(C)=O)O1. The molecule has 3 aliphatic rings. The van der Waals surface area contributed by atoms with Crippen molar-refractivity contribution in [2.24, 2.45) is 0 Å². The van der Waals surface area contributed by atoms with Gasteiger partial charge in [0.05, 0.1) is 26.2 Å². The van der Waals surface area contributed by atoms with Gasteiger partial charge in [-0.3, -0.25) is 38.4 Å². The van der Waals surface area contributed by atoms with E-state index in [2.05, 4.69) is 16.0 Å². The first-order valence-electron chi connectivity index (χ1n) is 25.4. The van der Waals surface area contributed by atoms with Crippen LogP contribution in [0.5, 0.6) is 0 Å². The third-order valence-electron chi connectivity index (χ3n) is 12.7. The second-order valence-electron chi connectivity index (χ2n) is 18.9. The topological polar surface area (TPSA) is 355 Å². The van der Waals surface area contributed by atoms with Gasteiger partial charge in [-0.25, -0.2) is 14.4 Å². The van der Waals surface area contributed by atoms with Gasteiger partial charge < -0.3 is 77.9 Å². The minimum absolute atomic E-state index is 0.0612. The van der Waals surface area contributed by atoms with Crippen molar-refractivity contribution in [1.29, 1.82) is 0 Å². The fourth-order valence-corrected chi connectivity index (χ4v) is 9.69. The molecule has 0 saturated carbocycles. The van der Waals surface area contributed by atoms with Crippen LogP contribution in [-0.4, -0.2) is 177 Å². The van der Waals surface area contributed by atoms with Crippen molar-refractivity contribution in [2.45, 2.75) is 160 Å². The quantitative estimate of drug-likeness (QED) is 0.0625. The average Bonchev–Trinajstić information content (AvgIpc) is 3.74. The molecule has 2 aromatic carbocycles. The number of aliphatic carboxylic acids is 1. The molecule has 2 aliphatic heterocycles. The van der Waals surface area contributed by atoms with Gasteiger partial charge in [-0.1, -0.05) is 48.5 Å². The van der Waals surface area contributed by atoms with Crippen LogP contribution in [0.15, 0.2) is 48.5 Å². The van der Waals surface area contributed by atoms with Crippen LogP contribution in [0, 0.1) is 0 Å². The van der Waals surface area contributed by atoms with Gasteiger partial charge >= 0.3 is 53.8 Å². The van der Waals surface area contributed by atoms with Gasteiger partial charge in [-0.2, -0.15) is 0 Å². The molecule has 3 amide bonds. The summed E-state index contributed by atoms with van der Waals surface area (Å²) in [4.78, 5) is 141. The molecule has 27 nitrogen and oxygen atoms in total. The molecular weight excluding hydrogens is 1060 g/mol. The van der Waals surface area contributed by atoms with Gasteiger partial charge in [0.2, 0.25) is 11.8 Å². The van der Waals surface area contributed by atoms with E-state index in [-0.39, 0.29) is 38.4 Å². The summed E-state index contributed by atoms with van der Waals surface area (Å²) in [5.41, 5.74) is 3.93. The van der Waals surface area contributed by atoms with E-state index in [1.54, 1.807) is 0 Å². The largest absolute Gasteiger partial charge is 0.480 e. The third-order valence-corrected chi connectivity index (χ3v) is 12.7. The van der Waals surface area contributed by atoms with E-state index >= 15 is 0 Å². The number of fused-ring (bicyclic) bond motifs is 3. The summed E-state index contributed by atoms with van der Waals surface area (Å²) in [6.07, 6.45) is -15.4. The van der Waals surface area contributed by atoms with Crippen LogP contribution in [0.4, 0.5) is 4.79 Å². The molecule has 80 heavy (non-hydrogen) atoms. The molecule has 0 radical (unpaired) electrons. The number of amides is 3. The number of unbranched alkanes of at least 4 members (excludes halogenated alkanes) is 1. The molecular formula is C53H67N3O24. The van der Waals surface area contributed by atoms with Gasteiger partial charge in [0, 0.05) is 67.9 Å². The Balaban J connectivity index is 1.41. The Labute approximate surface area is 459 Å². The number of hydrogen-bond donors (Lipinski definition) is 4. The summed E-state index contributed by atoms with van der Waals surface area (Å²) in [6.45, 7) is 6.19. The first kappa shape index (κ1) is 63.1. The van der Waals surface area contributed by atoms with Crippen LogP contribution < -0.4 is 16.0 Å². The number of benzene rings is 2. The fourth-order valence-electron chi connectivity index (χ4n) is 9.69. The van der Waals surface area contributed by atoms with E-state index in [0.717, 1.165) is 84.8 Å². The first-order valence-corrected chi connectivity index (χ1v) is 25.4. The maximum Gasteiger partial charge on any atom is 0.407 e. The van der Waals surface area contributed by atoms with Crippen LogP contribution in [0.1, 0.15) is 98.1 Å². The summed E-state index contributed by atoms with van der Waals surface area (Å²) in [6, 6.07) is 11.0. The second-order valence-corrected chi connectivity index (χ2v) is 18.9. The van der Waals surface area contributed by atoms with Gasteiger partial charge in [0.15, 0.2) is 30.7 Å². The van der Waals surface area contributed by atoms with Crippen LogP contribution in [0.3, 0.4) is 0 Å². The highest BCUT2D eigenvalue weighted by Crippen LogP contribution is 2.45. The number of alkyl carbamates (subject to hydrolysis) is 1. The molecule has 2 aromatic rings. The third kappa shape index (κ3) is 17.1. The van der Waals surface area contributed by atoms with Gasteiger partial charge in [0.25, 0.3) is 5.79 Å². The number of carboxylic acids is 1. The summed E-state index contributed by atoms with van der Waals surface area (Å²) >= 11 is 0. The first-order chi connectivity index (χ1) is 37.8. The molecule has 2 fully saturated rings. The van der Waals surface area contributed by atoms with Crippen molar-refractivity contribution in [1.82, 2.24) is 16.0 Å². The van der Waals surface area contributed by atoms with E-state index in [4.69, 9.17) is 56.8 Å². The number of hydrogen-bond acceptors (Lipinski definition) is 23. The smallest absolute Gasteiger partial charge is 0.407 e. The maximum atomic E-state index is 14.2. The normalized spacial score (nSPS) is 24.1. The van der Waals surface area contributed by atoms with E-state index in [1.165, 1.54) is 0 Å². The molecule has 0 spiro atoms. The number of ether oxygens (including phenoxy) is 12. The molecule has 438 valence electrons. The molecule has 4 N–H and O–H groups in total. The van der Waals surface area contributed by atoms with Crippen LogP contribution in [-0.2, 0) is 105 Å². The lowest BCUT2D eigenvalue weighted by molar-refractivity contribution is -0.332. The summed E-state index contributed by atoms with van der Waals surface area (Å²) in [5.74, 6) is -13.0. The molecule has 2 heterocycles. The zero-order chi connectivity index (χ0) is 59.0. The predicted octanol–water partition coefficient (Wildman–Crippen LogP) is 1.80. The van der Waals surface area contributed by atoms with Crippen molar-refractivity contribution >= 4 is 65.7 Å². The molecule has 2 saturated heterocycles.